The zero-order valence-electron chi connectivity index (χ0n) is 20.2. The summed E-state index contributed by atoms with van der Waals surface area (Å²) in [6.45, 7) is 2.46. The predicted molar refractivity (Wildman–Crippen MR) is 141 cm³/mol. The molecule has 0 unspecified atom stereocenters. The molecule has 34 heavy (non-hydrogen) atoms. The van der Waals surface area contributed by atoms with Gasteiger partial charge in [-0.15, -0.1) is 0 Å². The van der Waals surface area contributed by atoms with E-state index in [1.54, 1.807) is 7.11 Å². The lowest BCUT2D eigenvalue weighted by Gasteiger charge is -2.33. The second-order valence-electron chi connectivity index (χ2n) is 9.59. The molecule has 1 aliphatic heterocycles. The maximum Gasteiger partial charge on any atom is 0.119 e. The first kappa shape index (κ1) is 22.7. The predicted octanol–water partition coefficient (Wildman–Crippen LogP) is 6.59. The first-order valence-corrected chi connectivity index (χ1v) is 12.7. The molecule has 1 saturated heterocycles. The molecular formula is C31H35NO2. The van der Waals surface area contributed by atoms with Gasteiger partial charge in [0.1, 0.15) is 5.75 Å². The lowest BCUT2D eigenvalue weighted by Crippen LogP contribution is -2.33. The van der Waals surface area contributed by atoms with Gasteiger partial charge in [0.05, 0.1) is 7.11 Å². The van der Waals surface area contributed by atoms with E-state index in [4.69, 9.17) is 4.74 Å². The normalized spacial score (nSPS) is 16.8. The van der Waals surface area contributed by atoms with Gasteiger partial charge in [-0.2, -0.15) is 0 Å². The van der Waals surface area contributed by atoms with Crippen molar-refractivity contribution >= 4 is 16.8 Å². The van der Waals surface area contributed by atoms with Crippen LogP contribution in [0.15, 0.2) is 72.8 Å². The molecule has 3 aromatic carbocycles. The number of piperidine rings is 1. The number of hydrogen-bond acceptors (Lipinski definition) is 3. The number of anilines is 1. The van der Waals surface area contributed by atoms with Gasteiger partial charge in [0.15, 0.2) is 0 Å². The lowest BCUT2D eigenvalue weighted by atomic mass is 9.87. The molecule has 2 aliphatic rings. The van der Waals surface area contributed by atoms with Gasteiger partial charge < -0.3 is 14.7 Å². The molecule has 1 heterocycles. The molecule has 0 radical (unpaired) electrons. The Kier molecular flexibility index (Phi) is 7.01. The number of rotatable bonds is 6. The fourth-order valence-electron chi connectivity index (χ4n) is 5.65. The number of benzene rings is 3. The fourth-order valence-corrected chi connectivity index (χ4v) is 5.65. The summed E-state index contributed by atoms with van der Waals surface area (Å²) in [5, 5.41) is 9.25. The molecule has 3 aromatic rings. The maximum absolute atomic E-state index is 9.25. The fraction of sp³-hybridized carbons (Fsp3) is 0.355. The molecule has 3 heteroatoms. The zero-order chi connectivity index (χ0) is 23.3. The van der Waals surface area contributed by atoms with E-state index in [1.807, 2.05) is 0 Å². The third kappa shape index (κ3) is 4.76. The van der Waals surface area contributed by atoms with Crippen molar-refractivity contribution in [2.24, 2.45) is 5.92 Å². The van der Waals surface area contributed by atoms with E-state index >= 15 is 0 Å². The van der Waals surface area contributed by atoms with Crippen molar-refractivity contribution in [3.05, 3.63) is 95.1 Å². The Bertz CT molecular complexity index is 1130. The Balaban J connectivity index is 1.52. The van der Waals surface area contributed by atoms with E-state index in [-0.39, 0.29) is 0 Å². The number of aliphatic hydroxyl groups excluding tert-OH is 1. The summed E-state index contributed by atoms with van der Waals surface area (Å²) < 4.78 is 5.54. The van der Waals surface area contributed by atoms with Gasteiger partial charge in [0, 0.05) is 25.4 Å². The summed E-state index contributed by atoms with van der Waals surface area (Å²) in [7, 11) is 1.75. The van der Waals surface area contributed by atoms with Crippen LogP contribution in [0.5, 0.6) is 5.75 Å². The summed E-state index contributed by atoms with van der Waals surface area (Å²) >= 11 is 0. The summed E-state index contributed by atoms with van der Waals surface area (Å²) in [5.41, 5.74) is 9.39. The molecule has 0 amide bonds. The Morgan fingerprint density at radius 2 is 1.65 bits per heavy atom. The standard InChI is InChI=1S/C31H35NO2/c1-34-28-14-15-30-26(22-28)8-5-9-29(24-6-3-2-4-7-24)31(30)25-10-12-27(13-11-25)32-19-16-23(17-20-32)18-21-33/h2-4,6-7,10-15,22-23,33H,5,8-9,16-21H2,1H3. The molecule has 0 spiro atoms. The molecule has 0 saturated carbocycles. The van der Waals surface area contributed by atoms with Crippen LogP contribution in [0.25, 0.3) is 11.1 Å². The summed E-state index contributed by atoms with van der Waals surface area (Å²) in [6.07, 6.45) is 6.54. The van der Waals surface area contributed by atoms with Gasteiger partial charge in [0.2, 0.25) is 0 Å². The van der Waals surface area contributed by atoms with Crippen molar-refractivity contribution in [1.82, 2.24) is 0 Å². The molecular weight excluding hydrogens is 418 g/mol. The molecule has 1 aliphatic carbocycles. The van der Waals surface area contributed by atoms with Crippen molar-refractivity contribution in [2.75, 3.05) is 31.7 Å². The van der Waals surface area contributed by atoms with E-state index in [2.05, 4.69) is 77.7 Å². The third-order valence-electron chi connectivity index (χ3n) is 7.55. The number of aliphatic hydroxyl groups is 1. The van der Waals surface area contributed by atoms with Crippen LogP contribution < -0.4 is 9.64 Å². The smallest absolute Gasteiger partial charge is 0.119 e. The quantitative estimate of drug-likeness (QED) is 0.457. The highest BCUT2D eigenvalue weighted by Crippen LogP contribution is 2.41. The van der Waals surface area contributed by atoms with Crippen molar-refractivity contribution in [3.8, 4) is 5.75 Å². The molecule has 0 bridgehead atoms. The van der Waals surface area contributed by atoms with Crippen LogP contribution in [-0.4, -0.2) is 31.9 Å². The highest BCUT2D eigenvalue weighted by atomic mass is 16.5. The maximum atomic E-state index is 9.25. The van der Waals surface area contributed by atoms with Crippen LogP contribution >= 0.6 is 0 Å². The molecule has 176 valence electrons. The Labute approximate surface area is 203 Å². The highest BCUT2D eigenvalue weighted by molar-refractivity contribution is 6.00. The summed E-state index contributed by atoms with van der Waals surface area (Å²) in [4.78, 5) is 2.50. The van der Waals surface area contributed by atoms with Crippen LogP contribution in [0.2, 0.25) is 0 Å². The van der Waals surface area contributed by atoms with E-state index in [1.165, 1.54) is 51.9 Å². The number of nitrogens with zero attached hydrogens (tertiary/aromatic N) is 1. The van der Waals surface area contributed by atoms with Crippen LogP contribution in [0, 0.1) is 5.92 Å². The topological polar surface area (TPSA) is 32.7 Å². The number of hydrogen-bond donors (Lipinski definition) is 1. The first-order valence-electron chi connectivity index (χ1n) is 12.7. The monoisotopic (exact) mass is 453 g/mol. The van der Waals surface area contributed by atoms with Crippen molar-refractivity contribution in [1.29, 1.82) is 0 Å². The van der Waals surface area contributed by atoms with E-state index < -0.39 is 0 Å². The largest absolute Gasteiger partial charge is 0.497 e. The third-order valence-corrected chi connectivity index (χ3v) is 7.55. The van der Waals surface area contributed by atoms with E-state index in [0.29, 0.717) is 12.5 Å². The number of allylic oxidation sites excluding steroid dienone is 1. The molecule has 1 N–H and O–H groups in total. The average molecular weight is 454 g/mol. The molecule has 0 aromatic heterocycles. The van der Waals surface area contributed by atoms with Crippen molar-refractivity contribution in [3.63, 3.8) is 0 Å². The van der Waals surface area contributed by atoms with Crippen molar-refractivity contribution < 1.29 is 9.84 Å². The van der Waals surface area contributed by atoms with Crippen LogP contribution in [0.3, 0.4) is 0 Å². The zero-order valence-corrected chi connectivity index (χ0v) is 20.2. The van der Waals surface area contributed by atoms with Gasteiger partial charge in [-0.3, -0.25) is 0 Å². The highest BCUT2D eigenvalue weighted by Gasteiger charge is 2.22. The summed E-state index contributed by atoms with van der Waals surface area (Å²) in [6, 6.07) is 26.6. The van der Waals surface area contributed by atoms with Gasteiger partial charge in [-0.25, -0.2) is 0 Å². The lowest BCUT2D eigenvalue weighted by molar-refractivity contribution is 0.240. The minimum absolute atomic E-state index is 0.311. The number of fused-ring (bicyclic) bond motifs is 1. The Morgan fingerprint density at radius 3 is 2.35 bits per heavy atom. The van der Waals surface area contributed by atoms with E-state index in [0.717, 1.165) is 44.5 Å². The molecule has 1 fully saturated rings. The Morgan fingerprint density at radius 1 is 0.882 bits per heavy atom. The van der Waals surface area contributed by atoms with Gasteiger partial charge in [0.25, 0.3) is 0 Å². The number of aryl methyl sites for hydroxylation is 1. The van der Waals surface area contributed by atoms with Crippen molar-refractivity contribution in [2.45, 2.75) is 38.5 Å². The van der Waals surface area contributed by atoms with Crippen LogP contribution in [0.4, 0.5) is 5.69 Å². The van der Waals surface area contributed by atoms with Crippen LogP contribution in [-0.2, 0) is 6.42 Å². The first-order chi connectivity index (χ1) is 16.8. The molecule has 5 rings (SSSR count). The SMILES string of the molecule is COc1ccc2c(c1)CCCC(c1ccccc1)=C2c1ccc(N2CCC(CCO)CC2)cc1. The minimum atomic E-state index is 0.311. The molecule has 3 nitrogen and oxygen atoms in total. The number of methoxy groups -OCH3 is 1. The summed E-state index contributed by atoms with van der Waals surface area (Å²) in [5.74, 6) is 1.60. The van der Waals surface area contributed by atoms with Crippen LogP contribution in [0.1, 0.15) is 54.4 Å². The van der Waals surface area contributed by atoms with Gasteiger partial charge >= 0.3 is 0 Å². The van der Waals surface area contributed by atoms with Gasteiger partial charge in [-0.05, 0) is 102 Å². The second-order valence-corrected chi connectivity index (χ2v) is 9.59. The Hall–Kier alpha value is -3.04. The van der Waals surface area contributed by atoms with Gasteiger partial charge in [-0.1, -0.05) is 48.5 Å². The molecule has 0 atom stereocenters. The number of ether oxygens (including phenoxy) is 1. The average Bonchev–Trinajstić information content (AvgIpc) is 3.09. The minimum Gasteiger partial charge on any atom is -0.497 e. The van der Waals surface area contributed by atoms with E-state index in [9.17, 15) is 5.11 Å². The second kappa shape index (κ2) is 10.5.